The Labute approximate surface area is 185 Å². The fraction of sp³-hybridized carbons (Fsp3) is 0.348. The average molecular weight is 443 g/mol. The Hall–Kier alpha value is -3.62. The lowest BCUT2D eigenvalue weighted by Gasteiger charge is -2.37. The van der Waals surface area contributed by atoms with E-state index in [2.05, 4.69) is 5.32 Å². The predicted molar refractivity (Wildman–Crippen MR) is 116 cm³/mol. The Morgan fingerprint density at radius 2 is 1.78 bits per heavy atom. The van der Waals surface area contributed by atoms with Crippen molar-refractivity contribution in [3.63, 3.8) is 0 Å². The number of rotatable bonds is 8. The third-order valence-electron chi connectivity index (χ3n) is 5.36. The van der Waals surface area contributed by atoms with Crippen LogP contribution in [0.4, 0.5) is 10.1 Å². The largest absolute Gasteiger partial charge is 0.497 e. The summed E-state index contributed by atoms with van der Waals surface area (Å²) >= 11 is 0. The minimum Gasteiger partial charge on any atom is -0.497 e. The van der Waals surface area contributed by atoms with Crippen LogP contribution >= 0.6 is 0 Å². The molecule has 32 heavy (non-hydrogen) atoms. The van der Waals surface area contributed by atoms with Gasteiger partial charge in [0.1, 0.15) is 23.4 Å². The first-order valence-electron chi connectivity index (χ1n) is 10.2. The molecular weight excluding hydrogens is 417 g/mol. The van der Waals surface area contributed by atoms with E-state index in [4.69, 9.17) is 9.47 Å². The summed E-state index contributed by atoms with van der Waals surface area (Å²) in [6.45, 7) is 2.46. The highest BCUT2D eigenvalue weighted by molar-refractivity contribution is 6.35. The van der Waals surface area contributed by atoms with Gasteiger partial charge >= 0.3 is 11.8 Å². The van der Waals surface area contributed by atoms with E-state index in [9.17, 15) is 18.8 Å². The highest BCUT2D eigenvalue weighted by Gasteiger charge is 2.38. The number of hydrogen-bond acceptors (Lipinski definition) is 5. The third kappa shape index (κ3) is 4.99. The van der Waals surface area contributed by atoms with Gasteiger partial charge < -0.3 is 24.6 Å². The van der Waals surface area contributed by atoms with Gasteiger partial charge in [0.05, 0.1) is 19.9 Å². The normalized spacial score (nSPS) is 14.9. The number of methoxy groups -OCH3 is 2. The first kappa shape index (κ1) is 23.1. The Bertz CT molecular complexity index is 996. The molecule has 1 saturated heterocycles. The minimum atomic E-state index is -0.824. The molecule has 1 fully saturated rings. The number of anilines is 1. The Morgan fingerprint density at radius 3 is 2.41 bits per heavy atom. The second kappa shape index (κ2) is 10.1. The van der Waals surface area contributed by atoms with Crippen LogP contribution in [0.25, 0.3) is 0 Å². The molecule has 0 aromatic heterocycles. The molecular formula is C23H26FN3O5. The molecule has 170 valence electrons. The van der Waals surface area contributed by atoms with Gasteiger partial charge in [0, 0.05) is 25.7 Å². The van der Waals surface area contributed by atoms with Gasteiger partial charge in [-0.2, -0.15) is 0 Å². The zero-order valence-electron chi connectivity index (χ0n) is 18.3. The van der Waals surface area contributed by atoms with E-state index in [0.29, 0.717) is 23.6 Å². The van der Waals surface area contributed by atoms with Crippen LogP contribution in [-0.2, 0) is 20.9 Å². The zero-order chi connectivity index (χ0) is 23.3. The average Bonchev–Trinajstić information content (AvgIpc) is 2.80. The molecule has 8 nitrogen and oxygen atoms in total. The lowest BCUT2D eigenvalue weighted by Crippen LogP contribution is -2.59. The number of hydrogen-bond donors (Lipinski definition) is 1. The van der Waals surface area contributed by atoms with Crippen LogP contribution in [0, 0.1) is 5.82 Å². The number of carbonyl (C=O) groups excluding carboxylic acids is 3. The van der Waals surface area contributed by atoms with Crippen molar-refractivity contribution < 1.29 is 28.2 Å². The van der Waals surface area contributed by atoms with Gasteiger partial charge in [-0.3, -0.25) is 14.4 Å². The molecule has 2 aromatic rings. The number of nitrogens with one attached hydrogen (secondary N) is 1. The van der Waals surface area contributed by atoms with Gasteiger partial charge in [-0.25, -0.2) is 4.39 Å². The summed E-state index contributed by atoms with van der Waals surface area (Å²) in [5.74, 6) is -1.24. The van der Waals surface area contributed by atoms with Crippen LogP contribution in [0.1, 0.15) is 18.9 Å². The van der Waals surface area contributed by atoms with Crippen LogP contribution in [0.2, 0.25) is 0 Å². The number of ether oxygens (including phenoxy) is 2. The lowest BCUT2D eigenvalue weighted by molar-refractivity contribution is -0.159. The van der Waals surface area contributed by atoms with Crippen LogP contribution in [-0.4, -0.2) is 60.9 Å². The van der Waals surface area contributed by atoms with Crippen molar-refractivity contribution in [2.75, 3.05) is 32.6 Å². The molecule has 1 N–H and O–H groups in total. The molecule has 0 bridgehead atoms. The van der Waals surface area contributed by atoms with Crippen LogP contribution < -0.4 is 14.8 Å². The predicted octanol–water partition coefficient (Wildman–Crippen LogP) is 2.43. The summed E-state index contributed by atoms with van der Waals surface area (Å²) in [5, 5.41) is 2.78. The molecule has 1 aliphatic rings. The fourth-order valence-electron chi connectivity index (χ4n) is 3.62. The quantitative estimate of drug-likeness (QED) is 0.633. The number of piperazine rings is 1. The van der Waals surface area contributed by atoms with E-state index in [0.717, 1.165) is 5.56 Å². The molecule has 3 rings (SSSR count). The van der Waals surface area contributed by atoms with Crippen LogP contribution in [0.5, 0.6) is 11.5 Å². The molecule has 0 aliphatic carbocycles. The van der Waals surface area contributed by atoms with Gasteiger partial charge in [-0.1, -0.05) is 19.1 Å². The molecule has 0 saturated carbocycles. The lowest BCUT2D eigenvalue weighted by atomic mass is 10.1. The topological polar surface area (TPSA) is 88.2 Å². The highest BCUT2D eigenvalue weighted by atomic mass is 19.1. The van der Waals surface area contributed by atoms with Gasteiger partial charge in [0.25, 0.3) is 0 Å². The van der Waals surface area contributed by atoms with Crippen LogP contribution in [0.15, 0.2) is 42.5 Å². The number of nitrogens with zero attached hydrogens (tertiary/aromatic N) is 2. The van der Waals surface area contributed by atoms with Crippen molar-refractivity contribution in [2.24, 2.45) is 0 Å². The minimum absolute atomic E-state index is 0.197. The van der Waals surface area contributed by atoms with Gasteiger partial charge in [-0.15, -0.1) is 0 Å². The van der Waals surface area contributed by atoms with E-state index < -0.39 is 23.8 Å². The fourth-order valence-corrected chi connectivity index (χ4v) is 3.62. The third-order valence-corrected chi connectivity index (χ3v) is 5.36. The molecule has 0 unspecified atom stereocenters. The van der Waals surface area contributed by atoms with Gasteiger partial charge in [0.15, 0.2) is 0 Å². The number of benzene rings is 2. The molecule has 1 heterocycles. The Kier molecular flexibility index (Phi) is 7.29. The molecule has 0 spiro atoms. The monoisotopic (exact) mass is 443 g/mol. The van der Waals surface area contributed by atoms with E-state index >= 15 is 0 Å². The van der Waals surface area contributed by atoms with Crippen molar-refractivity contribution in [1.29, 1.82) is 0 Å². The summed E-state index contributed by atoms with van der Waals surface area (Å²) in [6, 6.07) is 9.93. The zero-order valence-corrected chi connectivity index (χ0v) is 18.3. The number of carbonyl (C=O) groups is 3. The van der Waals surface area contributed by atoms with E-state index in [1.807, 2.05) is 0 Å². The first-order valence-corrected chi connectivity index (χ1v) is 10.2. The molecule has 1 atom stereocenters. The second-order valence-electron chi connectivity index (χ2n) is 7.33. The van der Waals surface area contributed by atoms with Gasteiger partial charge in [0.2, 0.25) is 5.91 Å². The molecule has 0 radical (unpaired) electrons. The molecule has 2 aromatic carbocycles. The molecule has 1 aliphatic heterocycles. The smallest absolute Gasteiger partial charge is 0.312 e. The van der Waals surface area contributed by atoms with E-state index in [1.54, 1.807) is 37.3 Å². The summed E-state index contributed by atoms with van der Waals surface area (Å²) in [6.07, 6.45) is 0.328. The number of amides is 3. The Morgan fingerprint density at radius 1 is 1.06 bits per heavy atom. The van der Waals surface area contributed by atoms with Crippen LogP contribution in [0.3, 0.4) is 0 Å². The Balaban J connectivity index is 1.71. The van der Waals surface area contributed by atoms with E-state index in [1.165, 1.54) is 36.2 Å². The summed E-state index contributed by atoms with van der Waals surface area (Å²) in [5.41, 5.74) is 1.12. The van der Waals surface area contributed by atoms with Gasteiger partial charge in [-0.05, 0) is 36.2 Å². The second-order valence-corrected chi connectivity index (χ2v) is 7.33. The molecule has 9 heteroatoms. The highest BCUT2D eigenvalue weighted by Crippen LogP contribution is 2.29. The molecule has 3 amide bonds. The number of halogens is 1. The summed E-state index contributed by atoms with van der Waals surface area (Å²) < 4.78 is 23.6. The van der Waals surface area contributed by atoms with E-state index in [-0.39, 0.29) is 25.5 Å². The SMILES string of the molecule is CC[C@@H](C(=O)Nc1cc(OC)ccc1OC)N1CCN(Cc2ccc(F)cc2)C(=O)C1=O. The maximum atomic E-state index is 13.1. The van der Waals surface area contributed by atoms with Crippen molar-refractivity contribution in [2.45, 2.75) is 25.9 Å². The van der Waals surface area contributed by atoms with Crippen molar-refractivity contribution in [3.8, 4) is 11.5 Å². The van der Waals surface area contributed by atoms with Crippen molar-refractivity contribution >= 4 is 23.4 Å². The van der Waals surface area contributed by atoms with Crippen molar-refractivity contribution in [1.82, 2.24) is 9.80 Å². The standard InChI is InChI=1S/C23H26FN3O5/c1-4-19(21(28)25-18-13-17(31-2)9-10-20(18)32-3)27-12-11-26(22(29)23(27)30)14-15-5-7-16(24)8-6-15/h5-10,13,19H,4,11-12,14H2,1-3H3,(H,25,28)/t19-/m0/s1. The van der Waals surface area contributed by atoms with Crippen molar-refractivity contribution in [3.05, 3.63) is 53.8 Å². The summed E-state index contributed by atoms with van der Waals surface area (Å²) in [7, 11) is 3.00. The summed E-state index contributed by atoms with van der Waals surface area (Å²) in [4.78, 5) is 41.2. The first-order chi connectivity index (χ1) is 15.4. The maximum absolute atomic E-state index is 13.1. The maximum Gasteiger partial charge on any atom is 0.312 e.